The molecule has 1 aliphatic rings. The van der Waals surface area contributed by atoms with E-state index in [4.69, 9.17) is 4.74 Å². The second-order valence-corrected chi connectivity index (χ2v) is 9.33. The van der Waals surface area contributed by atoms with Crippen molar-refractivity contribution in [3.63, 3.8) is 0 Å². The summed E-state index contributed by atoms with van der Waals surface area (Å²) in [5, 5.41) is 5.75. The Balaban J connectivity index is 1.23. The standard InChI is InChI=1S/C26H24F3N9O/c1-15-9-16(3-6-21(15)39-17-4-5-20-18(10-17)34-14-37(20)2)35-24-23-19(32-13-33-24)11-31-25(36-23)38-8-7-30-22(12-38)26(27,28)29/h3-6,9-11,13-14,22,30H,7-8,12H2,1-2H3,(H,32,33,35)/t22-/m1/s1. The van der Waals surface area contributed by atoms with Crippen molar-refractivity contribution in [1.29, 1.82) is 0 Å². The molecule has 1 aliphatic heterocycles. The van der Waals surface area contributed by atoms with Crippen molar-refractivity contribution >= 4 is 39.5 Å². The Kier molecular flexibility index (Phi) is 6.14. The van der Waals surface area contributed by atoms with Gasteiger partial charge in [-0.1, -0.05) is 0 Å². The van der Waals surface area contributed by atoms with Gasteiger partial charge in [-0.3, -0.25) is 0 Å². The maximum absolute atomic E-state index is 13.3. The quantitative estimate of drug-likeness (QED) is 0.337. The Hall–Kier alpha value is -4.52. The second kappa shape index (κ2) is 9.66. The lowest BCUT2D eigenvalue weighted by atomic mass is 10.2. The Morgan fingerprint density at radius 2 is 1.92 bits per heavy atom. The molecule has 2 N–H and O–H groups in total. The first-order valence-electron chi connectivity index (χ1n) is 12.2. The van der Waals surface area contributed by atoms with Gasteiger partial charge in [0.05, 0.1) is 23.6 Å². The van der Waals surface area contributed by atoms with Crippen molar-refractivity contribution in [1.82, 2.24) is 34.8 Å². The zero-order valence-corrected chi connectivity index (χ0v) is 21.1. The molecule has 0 amide bonds. The molecule has 0 saturated carbocycles. The summed E-state index contributed by atoms with van der Waals surface area (Å²) in [5.74, 6) is 1.98. The van der Waals surface area contributed by atoms with Crippen molar-refractivity contribution in [2.24, 2.45) is 7.05 Å². The average Bonchev–Trinajstić information content (AvgIpc) is 3.29. The topological polar surface area (TPSA) is 106 Å². The second-order valence-electron chi connectivity index (χ2n) is 9.33. The number of piperazine rings is 1. The molecule has 39 heavy (non-hydrogen) atoms. The molecule has 13 heteroatoms. The summed E-state index contributed by atoms with van der Waals surface area (Å²) in [6, 6.07) is 9.71. The molecule has 1 saturated heterocycles. The van der Waals surface area contributed by atoms with Crippen molar-refractivity contribution in [2.75, 3.05) is 29.9 Å². The molecule has 5 aromatic rings. The molecule has 200 valence electrons. The zero-order chi connectivity index (χ0) is 27.1. The van der Waals surface area contributed by atoms with Crippen molar-refractivity contribution in [3.05, 3.63) is 60.8 Å². The van der Waals surface area contributed by atoms with Gasteiger partial charge in [-0.2, -0.15) is 13.2 Å². The maximum Gasteiger partial charge on any atom is 0.405 e. The predicted octanol–water partition coefficient (Wildman–Crippen LogP) is 4.49. The monoisotopic (exact) mass is 535 g/mol. The highest BCUT2D eigenvalue weighted by Gasteiger charge is 2.42. The van der Waals surface area contributed by atoms with E-state index in [9.17, 15) is 13.2 Å². The lowest BCUT2D eigenvalue weighted by Gasteiger charge is -2.34. The highest BCUT2D eigenvalue weighted by atomic mass is 19.4. The molecular weight excluding hydrogens is 511 g/mol. The van der Waals surface area contributed by atoms with Crippen LogP contribution in [0.2, 0.25) is 0 Å². The highest BCUT2D eigenvalue weighted by molar-refractivity contribution is 5.87. The minimum atomic E-state index is -4.36. The van der Waals surface area contributed by atoms with Crippen LogP contribution < -0.4 is 20.3 Å². The van der Waals surface area contributed by atoms with Gasteiger partial charge in [-0.05, 0) is 42.8 Å². The summed E-state index contributed by atoms with van der Waals surface area (Å²) in [4.78, 5) is 23.2. The first-order chi connectivity index (χ1) is 18.7. The van der Waals surface area contributed by atoms with E-state index in [2.05, 4.69) is 35.6 Å². The predicted molar refractivity (Wildman–Crippen MR) is 140 cm³/mol. The Labute approximate surface area is 220 Å². The first kappa shape index (κ1) is 24.8. The molecule has 0 bridgehead atoms. The van der Waals surface area contributed by atoms with E-state index in [0.29, 0.717) is 34.9 Å². The van der Waals surface area contributed by atoms with Crippen LogP contribution in [0.4, 0.5) is 30.6 Å². The molecule has 0 aliphatic carbocycles. The largest absolute Gasteiger partial charge is 0.457 e. The molecule has 4 heterocycles. The number of anilines is 3. The number of fused-ring (bicyclic) bond motifs is 2. The average molecular weight is 536 g/mol. The molecule has 6 rings (SSSR count). The maximum atomic E-state index is 13.3. The number of benzene rings is 2. The molecule has 3 aromatic heterocycles. The van der Waals surface area contributed by atoms with Crippen LogP contribution in [-0.4, -0.2) is 61.3 Å². The smallest absolute Gasteiger partial charge is 0.405 e. The SMILES string of the molecule is Cc1cc(Nc2ncnc3cnc(N4CCN[C@@H](C(F)(F)F)C4)nc23)ccc1Oc1ccc2c(c1)ncn2C. The van der Waals surface area contributed by atoms with Gasteiger partial charge in [0.25, 0.3) is 0 Å². The lowest BCUT2D eigenvalue weighted by Crippen LogP contribution is -2.57. The van der Waals surface area contributed by atoms with Crippen molar-refractivity contribution in [2.45, 2.75) is 19.1 Å². The van der Waals surface area contributed by atoms with Gasteiger partial charge in [0.15, 0.2) is 5.82 Å². The number of alkyl halides is 3. The van der Waals surface area contributed by atoms with Crippen molar-refractivity contribution < 1.29 is 17.9 Å². The summed E-state index contributed by atoms with van der Waals surface area (Å²) in [6.45, 7) is 2.17. The summed E-state index contributed by atoms with van der Waals surface area (Å²) in [6.07, 6.45) is 0.282. The minimum Gasteiger partial charge on any atom is -0.457 e. The van der Waals surface area contributed by atoms with Crippen LogP contribution in [0, 0.1) is 6.92 Å². The first-order valence-corrected chi connectivity index (χ1v) is 12.2. The molecular formula is C26H24F3N9O. The molecule has 0 radical (unpaired) electrons. The van der Waals surface area contributed by atoms with E-state index < -0.39 is 12.2 Å². The summed E-state index contributed by atoms with van der Waals surface area (Å²) >= 11 is 0. The lowest BCUT2D eigenvalue weighted by molar-refractivity contribution is -0.155. The van der Waals surface area contributed by atoms with Crippen LogP contribution in [0.3, 0.4) is 0 Å². The molecule has 10 nitrogen and oxygen atoms in total. The van der Waals surface area contributed by atoms with Crippen LogP contribution in [0.25, 0.3) is 22.1 Å². The number of rotatable bonds is 5. The molecule has 0 spiro atoms. The highest BCUT2D eigenvalue weighted by Crippen LogP contribution is 2.31. The van der Waals surface area contributed by atoms with Gasteiger partial charge < -0.3 is 24.8 Å². The third-order valence-corrected chi connectivity index (χ3v) is 6.58. The van der Waals surface area contributed by atoms with Crippen LogP contribution in [0.1, 0.15) is 5.56 Å². The van der Waals surface area contributed by atoms with E-state index in [1.165, 1.54) is 17.4 Å². The third kappa shape index (κ3) is 5.00. The van der Waals surface area contributed by atoms with Crippen LogP contribution in [0.5, 0.6) is 11.5 Å². The fourth-order valence-corrected chi connectivity index (χ4v) is 4.52. The Morgan fingerprint density at radius 1 is 1.05 bits per heavy atom. The van der Waals surface area contributed by atoms with Crippen LogP contribution in [0.15, 0.2) is 55.2 Å². The molecule has 1 fully saturated rings. The Morgan fingerprint density at radius 3 is 2.74 bits per heavy atom. The van der Waals surface area contributed by atoms with Gasteiger partial charge in [0.2, 0.25) is 5.95 Å². The number of nitrogens with one attached hydrogen (secondary N) is 2. The van der Waals surface area contributed by atoms with E-state index in [-0.39, 0.29) is 19.0 Å². The van der Waals surface area contributed by atoms with Gasteiger partial charge in [-0.25, -0.2) is 24.9 Å². The number of imidazole rings is 1. The zero-order valence-electron chi connectivity index (χ0n) is 21.1. The van der Waals surface area contributed by atoms with Gasteiger partial charge in [0.1, 0.15) is 34.9 Å². The van der Waals surface area contributed by atoms with Gasteiger partial charge in [0, 0.05) is 38.4 Å². The molecule has 1 atom stereocenters. The number of aromatic nitrogens is 6. The van der Waals surface area contributed by atoms with Gasteiger partial charge in [-0.15, -0.1) is 0 Å². The normalized spacial score (nSPS) is 16.1. The number of aryl methyl sites for hydroxylation is 2. The summed E-state index contributed by atoms with van der Waals surface area (Å²) in [5.41, 5.74) is 4.36. The minimum absolute atomic E-state index is 0.172. The molecule has 2 aromatic carbocycles. The summed E-state index contributed by atoms with van der Waals surface area (Å²) < 4.78 is 47.8. The third-order valence-electron chi connectivity index (χ3n) is 6.58. The number of hydrogen-bond acceptors (Lipinski definition) is 9. The number of ether oxygens (including phenoxy) is 1. The van der Waals surface area contributed by atoms with E-state index in [1.54, 1.807) is 6.33 Å². The number of hydrogen-bond donors (Lipinski definition) is 2. The number of nitrogens with zero attached hydrogens (tertiary/aromatic N) is 7. The van der Waals surface area contributed by atoms with E-state index in [1.807, 2.05) is 54.9 Å². The fourth-order valence-electron chi connectivity index (χ4n) is 4.52. The van der Waals surface area contributed by atoms with Gasteiger partial charge >= 0.3 is 6.18 Å². The van der Waals surface area contributed by atoms with E-state index in [0.717, 1.165) is 22.3 Å². The van der Waals surface area contributed by atoms with Crippen LogP contribution >= 0.6 is 0 Å². The fraction of sp³-hybridized carbons (Fsp3) is 0.269. The molecule has 0 unspecified atom stereocenters. The number of halogens is 3. The van der Waals surface area contributed by atoms with E-state index >= 15 is 0 Å². The summed E-state index contributed by atoms with van der Waals surface area (Å²) in [7, 11) is 1.94. The van der Waals surface area contributed by atoms with Crippen LogP contribution in [-0.2, 0) is 7.05 Å². The Bertz CT molecular complexity index is 1670. The van der Waals surface area contributed by atoms with Crippen molar-refractivity contribution in [3.8, 4) is 11.5 Å².